The number of hydrogen-bond acceptors (Lipinski definition) is 6. The number of anilines is 3. The first-order valence-electron chi connectivity index (χ1n) is 9.33. The van der Waals surface area contributed by atoms with E-state index >= 15 is 0 Å². The van der Waals surface area contributed by atoms with Crippen molar-refractivity contribution in [3.8, 4) is 0 Å². The molecular weight excluding hydrogens is 324 g/mol. The van der Waals surface area contributed by atoms with Crippen molar-refractivity contribution in [2.45, 2.75) is 39.8 Å². The molecule has 1 fully saturated rings. The highest BCUT2D eigenvalue weighted by Crippen LogP contribution is 2.26. The predicted octanol–water partition coefficient (Wildman–Crippen LogP) is 2.96. The van der Waals surface area contributed by atoms with Crippen LogP contribution in [0, 0.1) is 13.8 Å². The molecule has 1 saturated heterocycles. The number of hydrogen-bond donors (Lipinski definition) is 2. The zero-order chi connectivity index (χ0) is 18.1. The monoisotopic (exact) mass is 350 g/mol. The number of nitrogens with one attached hydrogen (secondary N) is 2. The van der Waals surface area contributed by atoms with Gasteiger partial charge in [0.2, 0.25) is 5.95 Å². The van der Waals surface area contributed by atoms with Gasteiger partial charge in [-0.3, -0.25) is 4.99 Å². The van der Waals surface area contributed by atoms with Crippen molar-refractivity contribution < 1.29 is 0 Å². The second-order valence-corrected chi connectivity index (χ2v) is 7.22. The number of aromatic nitrogens is 2. The van der Waals surface area contributed by atoms with Gasteiger partial charge in [-0.15, -0.1) is 0 Å². The molecule has 0 amide bonds. The van der Waals surface area contributed by atoms with Crippen LogP contribution in [0.25, 0.3) is 0 Å². The summed E-state index contributed by atoms with van der Waals surface area (Å²) in [5.41, 5.74) is 5.61. The zero-order valence-corrected chi connectivity index (χ0v) is 15.7. The van der Waals surface area contributed by atoms with Gasteiger partial charge in [-0.2, -0.15) is 4.98 Å². The van der Waals surface area contributed by atoms with Gasteiger partial charge in [0.25, 0.3) is 0 Å². The third-order valence-corrected chi connectivity index (χ3v) is 5.27. The molecule has 0 bridgehead atoms. The molecule has 3 heterocycles. The van der Waals surface area contributed by atoms with Crippen LogP contribution in [0.2, 0.25) is 0 Å². The van der Waals surface area contributed by atoms with Crippen LogP contribution in [-0.2, 0) is 6.54 Å². The van der Waals surface area contributed by atoms with Gasteiger partial charge < -0.3 is 15.5 Å². The van der Waals surface area contributed by atoms with Gasteiger partial charge in [0.15, 0.2) is 0 Å². The standard InChI is InChI=1S/C20H26N6/c1-13-6-8-26(9-7-22-13)20-23-15(3)14(2)19(25-20)24-18-5-4-16-11-21-12-17(16)10-18/h4-5,10,12-13,22H,6-9,11H2,1-3H3,(H,23,24,25). The van der Waals surface area contributed by atoms with Gasteiger partial charge in [-0.25, -0.2) is 4.98 Å². The molecule has 1 aromatic heterocycles. The highest BCUT2D eigenvalue weighted by atomic mass is 15.3. The van der Waals surface area contributed by atoms with Crippen LogP contribution in [0.1, 0.15) is 35.7 Å². The molecule has 0 aliphatic carbocycles. The Bertz CT molecular complexity index is 844. The highest BCUT2D eigenvalue weighted by Gasteiger charge is 2.18. The van der Waals surface area contributed by atoms with Crippen molar-refractivity contribution in [2.75, 3.05) is 29.9 Å². The molecule has 0 radical (unpaired) electrons. The van der Waals surface area contributed by atoms with Crippen LogP contribution >= 0.6 is 0 Å². The number of aryl methyl sites for hydroxylation is 1. The van der Waals surface area contributed by atoms with Crippen LogP contribution in [0.5, 0.6) is 0 Å². The molecule has 1 unspecified atom stereocenters. The number of aliphatic imine (C=N–C) groups is 1. The van der Waals surface area contributed by atoms with E-state index in [1.54, 1.807) is 0 Å². The van der Waals surface area contributed by atoms with Crippen LogP contribution in [-0.4, -0.2) is 41.9 Å². The first-order chi connectivity index (χ1) is 12.6. The Morgan fingerprint density at radius 2 is 2.08 bits per heavy atom. The van der Waals surface area contributed by atoms with E-state index in [2.05, 4.69) is 59.5 Å². The maximum Gasteiger partial charge on any atom is 0.227 e. The Balaban J connectivity index is 1.61. The van der Waals surface area contributed by atoms with E-state index in [4.69, 9.17) is 9.97 Å². The number of rotatable bonds is 3. The molecular formula is C20H26N6. The topological polar surface area (TPSA) is 65.4 Å². The molecule has 2 aliphatic rings. The Labute approximate surface area is 154 Å². The summed E-state index contributed by atoms with van der Waals surface area (Å²) >= 11 is 0. The van der Waals surface area contributed by atoms with E-state index < -0.39 is 0 Å². The van der Waals surface area contributed by atoms with Crippen LogP contribution in [0.4, 0.5) is 17.5 Å². The molecule has 1 aromatic carbocycles. The van der Waals surface area contributed by atoms with Crippen molar-refractivity contribution in [3.05, 3.63) is 40.6 Å². The molecule has 2 N–H and O–H groups in total. The normalized spacial score (nSPS) is 19.3. The van der Waals surface area contributed by atoms with Gasteiger partial charge in [-0.05, 0) is 50.5 Å². The molecule has 6 heteroatoms. The van der Waals surface area contributed by atoms with Gasteiger partial charge in [0.1, 0.15) is 5.82 Å². The first-order valence-corrected chi connectivity index (χ1v) is 9.33. The third kappa shape index (κ3) is 3.42. The second kappa shape index (κ2) is 7.03. The first kappa shape index (κ1) is 17.0. The lowest BCUT2D eigenvalue weighted by molar-refractivity contribution is 0.566. The molecule has 26 heavy (non-hydrogen) atoms. The summed E-state index contributed by atoms with van der Waals surface area (Å²) in [6, 6.07) is 6.91. The SMILES string of the molecule is Cc1nc(N2CCNC(C)CC2)nc(Nc2ccc3c(c2)C=NC3)c1C. The summed E-state index contributed by atoms with van der Waals surface area (Å²) in [6.45, 7) is 10.0. The fourth-order valence-electron chi connectivity index (χ4n) is 3.40. The number of benzene rings is 1. The van der Waals surface area contributed by atoms with Gasteiger partial charge >= 0.3 is 0 Å². The van der Waals surface area contributed by atoms with E-state index in [9.17, 15) is 0 Å². The minimum Gasteiger partial charge on any atom is -0.340 e. The maximum atomic E-state index is 4.85. The Morgan fingerprint density at radius 3 is 2.96 bits per heavy atom. The van der Waals surface area contributed by atoms with Crippen molar-refractivity contribution in [1.29, 1.82) is 0 Å². The largest absolute Gasteiger partial charge is 0.340 e. The second-order valence-electron chi connectivity index (χ2n) is 7.22. The van der Waals surface area contributed by atoms with Gasteiger partial charge in [0, 0.05) is 48.8 Å². The Hall–Kier alpha value is -2.47. The van der Waals surface area contributed by atoms with Crippen molar-refractivity contribution in [2.24, 2.45) is 4.99 Å². The number of nitrogens with zero attached hydrogens (tertiary/aromatic N) is 4. The fraction of sp³-hybridized carbons (Fsp3) is 0.450. The van der Waals surface area contributed by atoms with E-state index in [0.29, 0.717) is 6.04 Å². The quantitative estimate of drug-likeness (QED) is 0.891. The average Bonchev–Trinajstić information content (AvgIpc) is 2.98. The lowest BCUT2D eigenvalue weighted by Crippen LogP contribution is -2.30. The number of fused-ring (bicyclic) bond motifs is 1. The van der Waals surface area contributed by atoms with Crippen molar-refractivity contribution in [3.63, 3.8) is 0 Å². The summed E-state index contributed by atoms with van der Waals surface area (Å²) in [5.74, 6) is 1.70. The lowest BCUT2D eigenvalue weighted by atomic mass is 10.1. The van der Waals surface area contributed by atoms with Crippen LogP contribution < -0.4 is 15.5 Å². The molecule has 6 nitrogen and oxygen atoms in total. The van der Waals surface area contributed by atoms with Gasteiger partial charge in [0.05, 0.1) is 6.54 Å². The van der Waals surface area contributed by atoms with Crippen LogP contribution in [0.15, 0.2) is 23.2 Å². The van der Waals surface area contributed by atoms with E-state index in [0.717, 1.165) is 61.3 Å². The molecule has 4 rings (SSSR count). The molecule has 0 saturated carbocycles. The summed E-state index contributed by atoms with van der Waals surface area (Å²) < 4.78 is 0. The minimum atomic E-state index is 0.539. The maximum absolute atomic E-state index is 4.85. The summed E-state index contributed by atoms with van der Waals surface area (Å²) in [6.07, 6.45) is 3.04. The Morgan fingerprint density at radius 1 is 1.19 bits per heavy atom. The fourth-order valence-corrected chi connectivity index (χ4v) is 3.40. The molecule has 2 aliphatic heterocycles. The van der Waals surface area contributed by atoms with E-state index in [-0.39, 0.29) is 0 Å². The molecule has 1 atom stereocenters. The van der Waals surface area contributed by atoms with E-state index in [1.165, 1.54) is 11.1 Å². The third-order valence-electron chi connectivity index (χ3n) is 5.27. The zero-order valence-electron chi connectivity index (χ0n) is 15.7. The lowest BCUT2D eigenvalue weighted by Gasteiger charge is -2.22. The molecule has 2 aromatic rings. The Kier molecular flexibility index (Phi) is 4.59. The van der Waals surface area contributed by atoms with Crippen molar-refractivity contribution >= 4 is 23.7 Å². The highest BCUT2D eigenvalue weighted by molar-refractivity contribution is 5.86. The average molecular weight is 350 g/mol. The summed E-state index contributed by atoms with van der Waals surface area (Å²) in [4.78, 5) is 16.2. The summed E-state index contributed by atoms with van der Waals surface area (Å²) in [5, 5.41) is 7.01. The van der Waals surface area contributed by atoms with Crippen LogP contribution in [0.3, 0.4) is 0 Å². The molecule has 0 spiro atoms. The van der Waals surface area contributed by atoms with E-state index in [1.807, 2.05) is 6.21 Å². The smallest absolute Gasteiger partial charge is 0.227 e. The predicted molar refractivity (Wildman–Crippen MR) is 107 cm³/mol. The molecule has 136 valence electrons. The van der Waals surface area contributed by atoms with Gasteiger partial charge in [-0.1, -0.05) is 6.07 Å². The summed E-state index contributed by atoms with van der Waals surface area (Å²) in [7, 11) is 0. The minimum absolute atomic E-state index is 0.539. The van der Waals surface area contributed by atoms with Crippen molar-refractivity contribution in [1.82, 2.24) is 15.3 Å².